The number of rotatable bonds is 4. The molecule has 9 heteroatoms. The summed E-state index contributed by atoms with van der Waals surface area (Å²) in [5.41, 5.74) is -0.787. The molecule has 0 spiro atoms. The lowest BCUT2D eigenvalue weighted by Gasteiger charge is -2.27. The third kappa shape index (κ3) is 3.55. The van der Waals surface area contributed by atoms with E-state index in [0.717, 1.165) is 24.3 Å². The summed E-state index contributed by atoms with van der Waals surface area (Å²) in [6.45, 7) is 0. The van der Waals surface area contributed by atoms with E-state index in [1.165, 1.54) is 6.07 Å². The minimum absolute atomic E-state index is 0.787. The second kappa shape index (κ2) is 4.95. The molecule has 0 radical (unpaired) electrons. The van der Waals surface area contributed by atoms with E-state index >= 15 is 0 Å². The summed E-state index contributed by atoms with van der Waals surface area (Å²) in [5.74, 6) is 0. The Morgan fingerprint density at radius 1 is 0.842 bits per heavy atom. The molecule has 1 unspecified atom stereocenters. The number of halogens is 8. The van der Waals surface area contributed by atoms with Crippen molar-refractivity contribution < 1.29 is 39.9 Å². The minimum atomic E-state index is -6.37. The fourth-order valence-electron chi connectivity index (χ4n) is 1.10. The molecule has 0 aromatic heterocycles. The van der Waals surface area contributed by atoms with E-state index in [-0.39, 0.29) is 0 Å². The standard InChI is InChI=1S/C10H6F8O/c11-7(6-4-2-1-3-5-6)8(12,13)19-10(17,18)9(14,15)16/h1-5,7H. The molecule has 0 saturated heterocycles. The van der Waals surface area contributed by atoms with Gasteiger partial charge < -0.3 is 0 Å². The molecule has 108 valence electrons. The van der Waals surface area contributed by atoms with Crippen LogP contribution < -0.4 is 0 Å². The molecule has 0 aliphatic heterocycles. The van der Waals surface area contributed by atoms with Crippen LogP contribution in [0.1, 0.15) is 11.7 Å². The number of benzene rings is 1. The Morgan fingerprint density at radius 2 is 1.32 bits per heavy atom. The summed E-state index contributed by atoms with van der Waals surface area (Å²) in [7, 11) is 0. The van der Waals surface area contributed by atoms with Crippen molar-refractivity contribution in [1.82, 2.24) is 0 Å². The highest BCUT2D eigenvalue weighted by Gasteiger charge is 2.65. The Bertz CT molecular complexity index is 413. The monoisotopic (exact) mass is 294 g/mol. The van der Waals surface area contributed by atoms with Gasteiger partial charge in [0.25, 0.3) is 0 Å². The Kier molecular flexibility index (Phi) is 4.08. The van der Waals surface area contributed by atoms with Crippen LogP contribution in [0.4, 0.5) is 35.1 Å². The van der Waals surface area contributed by atoms with Crippen molar-refractivity contribution in [2.45, 2.75) is 24.6 Å². The van der Waals surface area contributed by atoms with Gasteiger partial charge in [0.05, 0.1) is 0 Å². The van der Waals surface area contributed by atoms with Crippen molar-refractivity contribution >= 4 is 0 Å². The molecule has 0 aliphatic carbocycles. The maximum absolute atomic E-state index is 13.3. The largest absolute Gasteiger partial charge is 0.483 e. The van der Waals surface area contributed by atoms with Gasteiger partial charge in [0.1, 0.15) is 0 Å². The van der Waals surface area contributed by atoms with Gasteiger partial charge in [-0.3, -0.25) is 0 Å². The molecule has 1 atom stereocenters. The van der Waals surface area contributed by atoms with Gasteiger partial charge in [-0.15, -0.1) is 0 Å². The zero-order valence-electron chi connectivity index (χ0n) is 8.90. The van der Waals surface area contributed by atoms with E-state index in [1.807, 2.05) is 0 Å². The van der Waals surface area contributed by atoms with Crippen LogP contribution in [0.5, 0.6) is 0 Å². The summed E-state index contributed by atoms with van der Waals surface area (Å²) in [5, 5.41) is 0. The van der Waals surface area contributed by atoms with Gasteiger partial charge in [0.15, 0.2) is 0 Å². The zero-order chi connectivity index (χ0) is 14.9. The third-order valence-corrected chi connectivity index (χ3v) is 1.98. The van der Waals surface area contributed by atoms with E-state index in [2.05, 4.69) is 4.74 Å². The number of hydrogen-bond donors (Lipinski definition) is 0. The predicted octanol–water partition coefficient (Wildman–Crippen LogP) is 4.46. The Hall–Kier alpha value is -1.38. The van der Waals surface area contributed by atoms with Crippen LogP contribution in [0.3, 0.4) is 0 Å². The summed E-state index contributed by atoms with van der Waals surface area (Å²) in [6.07, 6.45) is -21.3. The minimum Gasteiger partial charge on any atom is -0.245 e. The number of alkyl halides is 8. The third-order valence-electron chi connectivity index (χ3n) is 1.98. The molecule has 0 N–H and O–H groups in total. The SMILES string of the molecule is FC(c1ccccc1)C(F)(F)OC(F)(F)C(F)(F)F. The normalized spacial score (nSPS) is 15.4. The lowest BCUT2D eigenvalue weighted by Crippen LogP contribution is -2.46. The smallest absolute Gasteiger partial charge is 0.245 e. The lowest BCUT2D eigenvalue weighted by molar-refractivity contribution is -0.465. The molecule has 1 rings (SSSR count). The molecular formula is C10H6F8O. The average molecular weight is 294 g/mol. The Labute approximate surface area is 101 Å². The van der Waals surface area contributed by atoms with E-state index in [0.29, 0.717) is 0 Å². The van der Waals surface area contributed by atoms with Gasteiger partial charge in [-0.25, -0.2) is 9.13 Å². The molecule has 0 aliphatic rings. The van der Waals surface area contributed by atoms with E-state index < -0.39 is 30.1 Å². The fourth-order valence-corrected chi connectivity index (χ4v) is 1.10. The van der Waals surface area contributed by atoms with Gasteiger partial charge in [0, 0.05) is 0 Å². The zero-order valence-corrected chi connectivity index (χ0v) is 8.90. The van der Waals surface area contributed by atoms with Crippen LogP contribution in [-0.4, -0.2) is 18.4 Å². The highest BCUT2D eigenvalue weighted by Crippen LogP contribution is 2.45. The first-order valence-electron chi connectivity index (χ1n) is 4.69. The van der Waals surface area contributed by atoms with Crippen molar-refractivity contribution in [3.63, 3.8) is 0 Å². The molecule has 0 fully saturated rings. The van der Waals surface area contributed by atoms with Crippen molar-refractivity contribution in [1.29, 1.82) is 0 Å². The van der Waals surface area contributed by atoms with Crippen LogP contribution in [0.25, 0.3) is 0 Å². The molecule has 0 bridgehead atoms. The maximum atomic E-state index is 13.3. The van der Waals surface area contributed by atoms with E-state index in [1.54, 1.807) is 0 Å². The Morgan fingerprint density at radius 3 is 1.74 bits per heavy atom. The van der Waals surface area contributed by atoms with Gasteiger partial charge in [-0.05, 0) is 5.56 Å². The molecule has 19 heavy (non-hydrogen) atoms. The van der Waals surface area contributed by atoms with Crippen LogP contribution in [0, 0.1) is 0 Å². The lowest BCUT2D eigenvalue weighted by atomic mass is 10.1. The number of hydrogen-bond acceptors (Lipinski definition) is 1. The highest BCUT2D eigenvalue weighted by atomic mass is 19.4. The first kappa shape index (κ1) is 15.7. The molecule has 1 nitrogen and oxygen atoms in total. The molecule has 0 heterocycles. The molecule has 1 aromatic carbocycles. The van der Waals surface area contributed by atoms with Crippen molar-refractivity contribution in [2.75, 3.05) is 0 Å². The van der Waals surface area contributed by atoms with Gasteiger partial charge in [0.2, 0.25) is 6.17 Å². The topological polar surface area (TPSA) is 9.23 Å². The Balaban J connectivity index is 2.93. The fraction of sp³-hybridized carbons (Fsp3) is 0.400. The summed E-state index contributed by atoms with van der Waals surface area (Å²) < 4.78 is 101. The van der Waals surface area contributed by atoms with E-state index in [4.69, 9.17) is 0 Å². The summed E-state index contributed by atoms with van der Waals surface area (Å²) in [6, 6.07) is 5.14. The predicted molar refractivity (Wildman–Crippen MR) is 47.3 cm³/mol. The van der Waals surface area contributed by atoms with Crippen molar-refractivity contribution in [3.8, 4) is 0 Å². The van der Waals surface area contributed by atoms with Gasteiger partial charge >= 0.3 is 18.4 Å². The summed E-state index contributed by atoms with van der Waals surface area (Å²) >= 11 is 0. The van der Waals surface area contributed by atoms with Crippen LogP contribution in [0.2, 0.25) is 0 Å². The second-order valence-corrected chi connectivity index (χ2v) is 3.45. The molecule has 1 aromatic rings. The molecule has 0 saturated carbocycles. The van der Waals surface area contributed by atoms with Crippen molar-refractivity contribution in [2.24, 2.45) is 0 Å². The first-order chi connectivity index (χ1) is 8.47. The average Bonchev–Trinajstić information content (AvgIpc) is 2.26. The molecular weight excluding hydrogens is 288 g/mol. The molecule has 0 amide bonds. The van der Waals surface area contributed by atoms with Crippen LogP contribution in [0.15, 0.2) is 30.3 Å². The van der Waals surface area contributed by atoms with Gasteiger partial charge in [-0.1, -0.05) is 30.3 Å². The quantitative estimate of drug-likeness (QED) is 0.745. The van der Waals surface area contributed by atoms with Crippen LogP contribution in [-0.2, 0) is 4.74 Å². The second-order valence-electron chi connectivity index (χ2n) is 3.45. The highest BCUT2D eigenvalue weighted by molar-refractivity contribution is 5.18. The van der Waals surface area contributed by atoms with Crippen molar-refractivity contribution in [3.05, 3.63) is 35.9 Å². The summed E-state index contributed by atoms with van der Waals surface area (Å²) in [4.78, 5) is 0. The van der Waals surface area contributed by atoms with E-state index in [9.17, 15) is 35.1 Å². The maximum Gasteiger partial charge on any atom is 0.483 e. The number of ether oxygens (including phenoxy) is 1. The first-order valence-corrected chi connectivity index (χ1v) is 4.69. The van der Waals surface area contributed by atoms with Gasteiger partial charge in [-0.2, -0.15) is 30.7 Å². The van der Waals surface area contributed by atoms with Crippen LogP contribution >= 0.6 is 0 Å².